The van der Waals surface area contributed by atoms with Crippen molar-refractivity contribution < 1.29 is 9.47 Å². The van der Waals surface area contributed by atoms with Crippen molar-refractivity contribution in [2.45, 2.75) is 13.5 Å². The molecule has 0 spiro atoms. The van der Waals surface area contributed by atoms with Gasteiger partial charge in [-0.1, -0.05) is 0 Å². The van der Waals surface area contributed by atoms with Crippen LogP contribution in [-0.4, -0.2) is 23.2 Å². The Kier molecular flexibility index (Phi) is 2.68. The van der Waals surface area contributed by atoms with Crippen LogP contribution in [-0.2, 0) is 6.54 Å². The van der Waals surface area contributed by atoms with Crippen molar-refractivity contribution in [3.63, 3.8) is 0 Å². The minimum Gasteiger partial charge on any atom is -0.486 e. The van der Waals surface area contributed by atoms with Gasteiger partial charge >= 0.3 is 0 Å². The van der Waals surface area contributed by atoms with Gasteiger partial charge in [0.2, 0.25) is 0 Å². The third kappa shape index (κ3) is 1.82. The maximum atomic E-state index is 5.59. The highest BCUT2D eigenvalue weighted by Crippen LogP contribution is 2.36. The molecule has 18 heavy (non-hydrogen) atoms. The summed E-state index contributed by atoms with van der Waals surface area (Å²) in [5.74, 6) is 2.37. The highest BCUT2D eigenvalue weighted by atomic mass is 16.6. The lowest BCUT2D eigenvalue weighted by atomic mass is 10.1. The van der Waals surface area contributed by atoms with Crippen LogP contribution in [0.3, 0.4) is 0 Å². The second-order valence-corrected chi connectivity index (χ2v) is 4.26. The molecule has 5 heteroatoms. The van der Waals surface area contributed by atoms with E-state index in [-0.39, 0.29) is 0 Å². The fourth-order valence-corrected chi connectivity index (χ4v) is 2.08. The number of aryl methyl sites for hydroxylation is 1. The molecule has 1 aliphatic heterocycles. The highest BCUT2D eigenvalue weighted by Gasteiger charge is 2.15. The molecule has 94 valence electrons. The molecular formula is C13H15N3O2. The molecule has 5 nitrogen and oxygen atoms in total. The number of nitrogens with zero attached hydrogens (tertiary/aromatic N) is 1. The van der Waals surface area contributed by atoms with Crippen LogP contribution in [0.4, 0.5) is 0 Å². The van der Waals surface area contributed by atoms with E-state index in [1.807, 2.05) is 19.1 Å². The van der Waals surface area contributed by atoms with Crippen molar-refractivity contribution in [1.29, 1.82) is 0 Å². The number of ether oxygens (including phenoxy) is 2. The van der Waals surface area contributed by atoms with Crippen molar-refractivity contribution in [3.05, 3.63) is 29.7 Å². The molecular weight excluding hydrogens is 230 g/mol. The van der Waals surface area contributed by atoms with Gasteiger partial charge in [-0.2, -0.15) is 0 Å². The largest absolute Gasteiger partial charge is 0.486 e. The average molecular weight is 245 g/mol. The molecule has 0 amide bonds. The number of fused-ring (bicyclic) bond motifs is 1. The molecule has 2 heterocycles. The van der Waals surface area contributed by atoms with Crippen LogP contribution in [0.5, 0.6) is 11.5 Å². The summed E-state index contributed by atoms with van der Waals surface area (Å²) in [7, 11) is 0. The Bertz CT molecular complexity index is 578. The lowest BCUT2D eigenvalue weighted by molar-refractivity contribution is 0.171. The van der Waals surface area contributed by atoms with Gasteiger partial charge in [-0.3, -0.25) is 0 Å². The normalized spacial score (nSPS) is 13.7. The topological polar surface area (TPSA) is 73.2 Å². The lowest BCUT2D eigenvalue weighted by Gasteiger charge is -2.20. The summed E-state index contributed by atoms with van der Waals surface area (Å²) in [6.07, 6.45) is 1.79. The first-order chi connectivity index (χ1) is 8.78. The van der Waals surface area contributed by atoms with E-state index in [0.29, 0.717) is 19.8 Å². The van der Waals surface area contributed by atoms with Crippen LogP contribution in [0.15, 0.2) is 18.3 Å². The lowest BCUT2D eigenvalue weighted by Crippen LogP contribution is -2.15. The fraction of sp³-hybridized carbons (Fsp3) is 0.308. The van der Waals surface area contributed by atoms with Gasteiger partial charge in [0, 0.05) is 5.56 Å². The predicted octanol–water partition coefficient (Wildman–Crippen LogP) is 1.62. The summed E-state index contributed by atoms with van der Waals surface area (Å²) < 4.78 is 11.1. The first kappa shape index (κ1) is 11.1. The Hall–Kier alpha value is -2.01. The fourth-order valence-electron chi connectivity index (χ4n) is 2.08. The van der Waals surface area contributed by atoms with E-state index in [9.17, 15) is 0 Å². The number of rotatable bonds is 2. The van der Waals surface area contributed by atoms with Crippen LogP contribution in [0.1, 0.15) is 11.4 Å². The van der Waals surface area contributed by atoms with E-state index in [4.69, 9.17) is 15.2 Å². The summed E-state index contributed by atoms with van der Waals surface area (Å²) in [6.45, 7) is 3.64. The highest BCUT2D eigenvalue weighted by molar-refractivity contribution is 5.68. The Morgan fingerprint density at radius 3 is 2.67 bits per heavy atom. The summed E-state index contributed by atoms with van der Waals surface area (Å²) in [5.41, 5.74) is 8.68. The summed E-state index contributed by atoms with van der Waals surface area (Å²) in [5, 5.41) is 0. The molecule has 3 rings (SSSR count). The number of hydrogen-bond donors (Lipinski definition) is 2. The van der Waals surface area contributed by atoms with Crippen LogP contribution in [0, 0.1) is 6.92 Å². The van der Waals surface area contributed by atoms with Gasteiger partial charge in [-0.25, -0.2) is 4.98 Å². The van der Waals surface area contributed by atoms with E-state index < -0.39 is 0 Å². The Morgan fingerprint density at radius 1 is 1.28 bits per heavy atom. The van der Waals surface area contributed by atoms with Crippen LogP contribution in [0.25, 0.3) is 11.3 Å². The molecule has 0 fully saturated rings. The number of aromatic amines is 1. The van der Waals surface area contributed by atoms with Gasteiger partial charge in [0.1, 0.15) is 19.0 Å². The molecule has 1 aromatic heterocycles. The van der Waals surface area contributed by atoms with E-state index in [0.717, 1.165) is 34.1 Å². The van der Waals surface area contributed by atoms with Crippen molar-refractivity contribution in [2.75, 3.05) is 13.2 Å². The molecule has 3 N–H and O–H groups in total. The maximum absolute atomic E-state index is 5.59. The quantitative estimate of drug-likeness (QED) is 0.843. The van der Waals surface area contributed by atoms with E-state index in [1.165, 1.54) is 0 Å². The molecule has 0 saturated heterocycles. The third-order valence-corrected chi connectivity index (χ3v) is 3.00. The first-order valence-corrected chi connectivity index (χ1v) is 5.92. The Balaban J connectivity index is 2.06. The second kappa shape index (κ2) is 4.34. The van der Waals surface area contributed by atoms with Crippen LogP contribution in [0.2, 0.25) is 0 Å². The van der Waals surface area contributed by atoms with Crippen molar-refractivity contribution >= 4 is 0 Å². The maximum Gasteiger partial charge on any atom is 0.162 e. The molecule has 0 bridgehead atoms. The van der Waals surface area contributed by atoms with Gasteiger partial charge in [-0.15, -0.1) is 0 Å². The van der Waals surface area contributed by atoms with Crippen molar-refractivity contribution in [3.8, 4) is 22.8 Å². The smallest absolute Gasteiger partial charge is 0.162 e. The summed E-state index contributed by atoms with van der Waals surface area (Å²) >= 11 is 0. The third-order valence-electron chi connectivity index (χ3n) is 3.00. The minimum atomic E-state index is 0.406. The van der Waals surface area contributed by atoms with E-state index in [1.54, 1.807) is 6.20 Å². The van der Waals surface area contributed by atoms with Gasteiger partial charge in [-0.05, 0) is 24.6 Å². The number of nitrogens with two attached hydrogens (primary N) is 1. The van der Waals surface area contributed by atoms with Gasteiger partial charge in [0.25, 0.3) is 0 Å². The van der Waals surface area contributed by atoms with E-state index >= 15 is 0 Å². The zero-order valence-electron chi connectivity index (χ0n) is 10.2. The van der Waals surface area contributed by atoms with Gasteiger partial charge in [0.15, 0.2) is 11.5 Å². The average Bonchev–Trinajstić information content (AvgIpc) is 2.86. The van der Waals surface area contributed by atoms with Crippen LogP contribution < -0.4 is 15.2 Å². The van der Waals surface area contributed by atoms with Crippen LogP contribution >= 0.6 is 0 Å². The molecule has 0 saturated carbocycles. The van der Waals surface area contributed by atoms with Crippen molar-refractivity contribution in [2.24, 2.45) is 5.73 Å². The number of benzene rings is 1. The van der Waals surface area contributed by atoms with Crippen molar-refractivity contribution in [1.82, 2.24) is 9.97 Å². The molecule has 1 aliphatic rings. The zero-order valence-corrected chi connectivity index (χ0v) is 10.2. The minimum absolute atomic E-state index is 0.406. The number of H-pyrrole nitrogens is 1. The molecule has 0 radical (unpaired) electrons. The molecule has 2 aromatic rings. The summed E-state index contributed by atoms with van der Waals surface area (Å²) in [4.78, 5) is 7.41. The molecule has 0 aliphatic carbocycles. The number of aromatic nitrogens is 2. The van der Waals surface area contributed by atoms with E-state index in [2.05, 4.69) is 9.97 Å². The number of hydrogen-bond acceptors (Lipinski definition) is 4. The number of imidazole rings is 1. The predicted molar refractivity (Wildman–Crippen MR) is 67.6 cm³/mol. The summed E-state index contributed by atoms with van der Waals surface area (Å²) in [6, 6.07) is 3.98. The molecule has 1 aromatic carbocycles. The molecule has 0 unspecified atom stereocenters. The Labute approximate surface area is 105 Å². The van der Waals surface area contributed by atoms with Gasteiger partial charge < -0.3 is 20.2 Å². The second-order valence-electron chi connectivity index (χ2n) is 4.26. The Morgan fingerprint density at radius 2 is 2.00 bits per heavy atom. The van der Waals surface area contributed by atoms with Gasteiger partial charge in [0.05, 0.1) is 18.4 Å². The zero-order chi connectivity index (χ0) is 12.5. The molecule has 0 atom stereocenters. The monoisotopic (exact) mass is 245 g/mol. The first-order valence-electron chi connectivity index (χ1n) is 5.92. The number of nitrogens with one attached hydrogen (secondary N) is 1. The standard InChI is InChI=1S/C13H15N3O2/c1-8-4-11-12(18-3-2-17-11)5-9(8)10-7-15-13(6-14)16-10/h4-5,7H,2-3,6,14H2,1H3,(H,15,16). The SMILES string of the molecule is Cc1cc2c(cc1-c1cnc(CN)[nH]1)OCCO2.